The summed E-state index contributed by atoms with van der Waals surface area (Å²) in [5.41, 5.74) is 2.74. The van der Waals surface area contributed by atoms with Crippen LogP contribution >= 0.6 is 11.3 Å². The van der Waals surface area contributed by atoms with Crippen LogP contribution in [0.5, 0.6) is 0 Å². The number of rotatable bonds is 5. The van der Waals surface area contributed by atoms with Crippen molar-refractivity contribution in [1.29, 1.82) is 0 Å². The van der Waals surface area contributed by atoms with Gasteiger partial charge in [0.25, 0.3) is 0 Å². The molecule has 4 heterocycles. The standard InChI is InChI=1S/C22H24N6OS/c1-15-14-30-22(24-15)27-20-12-18(25-16(2)26-20)19-7-3-4-11-28(19)21(29)9-8-17-6-5-10-23-13-17/h5-6,8-10,12-14,19H,3-4,7,11H2,1-2H3,(H,24,25,26,27)/b9-8+/t19-/m0/s1. The van der Waals surface area contributed by atoms with Crippen molar-refractivity contribution in [3.8, 4) is 0 Å². The third kappa shape index (κ3) is 4.88. The van der Waals surface area contributed by atoms with Crippen molar-refractivity contribution in [2.24, 2.45) is 0 Å². The van der Waals surface area contributed by atoms with Crippen molar-refractivity contribution in [2.75, 3.05) is 11.9 Å². The zero-order valence-corrected chi connectivity index (χ0v) is 17.9. The molecule has 3 aromatic rings. The Balaban J connectivity index is 1.56. The number of nitrogens with one attached hydrogen (secondary N) is 1. The van der Waals surface area contributed by atoms with Crippen molar-refractivity contribution >= 4 is 34.3 Å². The largest absolute Gasteiger partial charge is 0.331 e. The molecule has 1 aliphatic rings. The second-order valence-corrected chi connectivity index (χ2v) is 8.17. The smallest absolute Gasteiger partial charge is 0.247 e. The molecule has 1 aliphatic heterocycles. The molecule has 0 unspecified atom stereocenters. The summed E-state index contributed by atoms with van der Waals surface area (Å²) in [6.07, 6.45) is 9.85. The number of carbonyl (C=O) groups is 1. The first kappa shape index (κ1) is 20.2. The van der Waals surface area contributed by atoms with Gasteiger partial charge in [0.05, 0.1) is 17.4 Å². The van der Waals surface area contributed by atoms with Gasteiger partial charge in [-0.3, -0.25) is 9.78 Å². The minimum Gasteiger partial charge on any atom is -0.331 e. The van der Waals surface area contributed by atoms with Gasteiger partial charge in [0.2, 0.25) is 5.91 Å². The number of hydrogen-bond acceptors (Lipinski definition) is 7. The minimum absolute atomic E-state index is 0.00937. The molecule has 0 radical (unpaired) electrons. The van der Waals surface area contributed by atoms with E-state index in [9.17, 15) is 4.79 Å². The number of aromatic nitrogens is 4. The molecule has 4 rings (SSSR count). The summed E-state index contributed by atoms with van der Waals surface area (Å²) in [5.74, 6) is 1.37. The lowest BCUT2D eigenvalue weighted by molar-refractivity contribution is -0.129. The normalized spacial score (nSPS) is 16.7. The van der Waals surface area contributed by atoms with E-state index in [-0.39, 0.29) is 11.9 Å². The molecule has 1 saturated heterocycles. The second-order valence-electron chi connectivity index (χ2n) is 7.31. The number of aryl methyl sites for hydroxylation is 2. The highest BCUT2D eigenvalue weighted by molar-refractivity contribution is 7.13. The van der Waals surface area contributed by atoms with Crippen molar-refractivity contribution in [2.45, 2.75) is 39.2 Å². The first-order valence-electron chi connectivity index (χ1n) is 10.0. The molecule has 0 bridgehead atoms. The van der Waals surface area contributed by atoms with E-state index < -0.39 is 0 Å². The first-order chi connectivity index (χ1) is 14.6. The summed E-state index contributed by atoms with van der Waals surface area (Å²) in [6, 6.07) is 5.65. The summed E-state index contributed by atoms with van der Waals surface area (Å²) in [6.45, 7) is 4.56. The lowest BCUT2D eigenvalue weighted by Gasteiger charge is -2.35. The molecular formula is C22H24N6OS. The molecule has 7 nitrogen and oxygen atoms in total. The number of carbonyl (C=O) groups excluding carboxylic acids is 1. The Morgan fingerprint density at radius 2 is 2.17 bits per heavy atom. The molecule has 1 amide bonds. The Bertz CT molecular complexity index is 1050. The van der Waals surface area contributed by atoms with E-state index >= 15 is 0 Å². The number of nitrogens with zero attached hydrogens (tertiary/aromatic N) is 5. The summed E-state index contributed by atoms with van der Waals surface area (Å²) >= 11 is 1.54. The monoisotopic (exact) mass is 420 g/mol. The predicted molar refractivity (Wildman–Crippen MR) is 118 cm³/mol. The molecule has 154 valence electrons. The average Bonchev–Trinajstić information content (AvgIpc) is 3.16. The molecule has 1 atom stereocenters. The first-order valence-corrected chi connectivity index (χ1v) is 10.9. The number of thiazole rings is 1. The van der Waals surface area contributed by atoms with E-state index in [1.165, 1.54) is 0 Å². The van der Waals surface area contributed by atoms with Gasteiger partial charge in [-0.1, -0.05) is 6.07 Å². The number of likely N-dealkylation sites (tertiary alicyclic amines) is 1. The van der Waals surface area contributed by atoms with Gasteiger partial charge >= 0.3 is 0 Å². The molecule has 30 heavy (non-hydrogen) atoms. The molecule has 8 heteroatoms. The lowest BCUT2D eigenvalue weighted by Crippen LogP contribution is -2.38. The summed E-state index contributed by atoms with van der Waals surface area (Å²) in [7, 11) is 0. The average molecular weight is 421 g/mol. The number of pyridine rings is 1. The summed E-state index contributed by atoms with van der Waals surface area (Å²) in [5, 5.41) is 6.06. The fourth-order valence-corrected chi connectivity index (χ4v) is 4.28. The van der Waals surface area contributed by atoms with E-state index in [1.54, 1.807) is 29.8 Å². The zero-order valence-electron chi connectivity index (χ0n) is 17.1. The van der Waals surface area contributed by atoms with Crippen LogP contribution in [0.4, 0.5) is 10.9 Å². The minimum atomic E-state index is -0.0647. The third-order valence-electron chi connectivity index (χ3n) is 4.94. The van der Waals surface area contributed by atoms with Gasteiger partial charge in [-0.15, -0.1) is 11.3 Å². The number of amides is 1. The maximum Gasteiger partial charge on any atom is 0.247 e. The van der Waals surface area contributed by atoms with Crippen LogP contribution in [-0.4, -0.2) is 37.3 Å². The highest BCUT2D eigenvalue weighted by Crippen LogP contribution is 2.32. The van der Waals surface area contributed by atoms with Crippen molar-refractivity contribution in [3.05, 3.63) is 64.8 Å². The maximum absolute atomic E-state index is 13.0. The number of anilines is 2. The van der Waals surface area contributed by atoms with Crippen LogP contribution in [-0.2, 0) is 4.79 Å². The predicted octanol–water partition coefficient (Wildman–Crippen LogP) is 4.46. The highest BCUT2D eigenvalue weighted by Gasteiger charge is 2.28. The van der Waals surface area contributed by atoms with Crippen LogP contribution in [0.15, 0.2) is 42.0 Å². The van der Waals surface area contributed by atoms with Crippen LogP contribution in [0.2, 0.25) is 0 Å². The van der Waals surface area contributed by atoms with E-state index in [0.717, 1.165) is 47.9 Å². The van der Waals surface area contributed by atoms with Crippen LogP contribution in [0.1, 0.15) is 48.1 Å². The molecule has 1 fully saturated rings. The molecule has 0 saturated carbocycles. The second kappa shape index (κ2) is 9.13. The lowest BCUT2D eigenvalue weighted by atomic mass is 9.98. The van der Waals surface area contributed by atoms with Gasteiger partial charge in [0.15, 0.2) is 5.13 Å². The van der Waals surface area contributed by atoms with Crippen molar-refractivity contribution in [1.82, 2.24) is 24.8 Å². The molecule has 0 aromatic carbocycles. The van der Waals surface area contributed by atoms with Crippen LogP contribution in [0, 0.1) is 13.8 Å². The van der Waals surface area contributed by atoms with E-state index in [2.05, 4.69) is 25.3 Å². The molecule has 0 spiro atoms. The fourth-order valence-electron chi connectivity index (χ4n) is 3.59. The van der Waals surface area contributed by atoms with Crippen molar-refractivity contribution in [3.63, 3.8) is 0 Å². The Kier molecular flexibility index (Phi) is 6.13. The van der Waals surface area contributed by atoms with Crippen LogP contribution in [0.3, 0.4) is 0 Å². The quantitative estimate of drug-likeness (QED) is 0.614. The third-order valence-corrected chi connectivity index (χ3v) is 5.82. The Hall–Kier alpha value is -3.13. The molecular weight excluding hydrogens is 396 g/mol. The van der Waals surface area contributed by atoms with Gasteiger partial charge in [0, 0.05) is 36.5 Å². The van der Waals surface area contributed by atoms with Gasteiger partial charge in [-0.25, -0.2) is 15.0 Å². The number of piperidine rings is 1. The Labute approximate surface area is 179 Å². The Morgan fingerprint density at radius 1 is 1.27 bits per heavy atom. The Morgan fingerprint density at radius 3 is 2.93 bits per heavy atom. The fraction of sp³-hybridized carbons (Fsp3) is 0.318. The summed E-state index contributed by atoms with van der Waals surface area (Å²) in [4.78, 5) is 32.6. The maximum atomic E-state index is 13.0. The van der Waals surface area contributed by atoms with Crippen molar-refractivity contribution < 1.29 is 4.79 Å². The molecule has 1 N–H and O–H groups in total. The van der Waals surface area contributed by atoms with Gasteiger partial charge < -0.3 is 10.2 Å². The van der Waals surface area contributed by atoms with E-state index in [1.807, 2.05) is 48.4 Å². The van der Waals surface area contributed by atoms with Gasteiger partial charge in [-0.2, -0.15) is 0 Å². The number of hydrogen-bond donors (Lipinski definition) is 1. The zero-order chi connectivity index (χ0) is 20.9. The van der Waals surface area contributed by atoms with Gasteiger partial charge in [-0.05, 0) is 50.8 Å². The van der Waals surface area contributed by atoms with Crippen LogP contribution in [0.25, 0.3) is 6.08 Å². The molecule has 3 aromatic heterocycles. The van der Waals surface area contributed by atoms with Gasteiger partial charge in [0.1, 0.15) is 11.6 Å². The highest BCUT2D eigenvalue weighted by atomic mass is 32.1. The van der Waals surface area contributed by atoms with Crippen LogP contribution < -0.4 is 5.32 Å². The SMILES string of the molecule is Cc1csc(Nc2cc([C@@H]3CCCCN3C(=O)/C=C/c3cccnc3)nc(C)n2)n1. The summed E-state index contributed by atoms with van der Waals surface area (Å²) < 4.78 is 0. The topological polar surface area (TPSA) is 83.9 Å². The molecule has 0 aliphatic carbocycles. The van der Waals surface area contributed by atoms with E-state index in [4.69, 9.17) is 0 Å². The van der Waals surface area contributed by atoms with E-state index in [0.29, 0.717) is 11.6 Å².